The van der Waals surface area contributed by atoms with Gasteiger partial charge < -0.3 is 21.7 Å². The highest BCUT2D eigenvalue weighted by molar-refractivity contribution is 5.66. The Morgan fingerprint density at radius 3 is 1.55 bits per heavy atom. The molecule has 0 fully saturated rings. The second-order valence-corrected chi connectivity index (χ2v) is 5.57. The van der Waals surface area contributed by atoms with E-state index in [0.717, 1.165) is 19.3 Å². The van der Waals surface area contributed by atoms with Crippen LogP contribution in [0.1, 0.15) is 84.0 Å². The molecule has 6 N–H and O–H groups in total. The first-order valence-electron chi connectivity index (χ1n) is 8.34. The molecule has 0 aromatic carbocycles. The molecule has 0 aliphatic carbocycles. The maximum Gasteiger partial charge on any atom is 0.303 e. The summed E-state index contributed by atoms with van der Waals surface area (Å²) in [6.07, 6.45) is 10.6. The minimum atomic E-state index is -0.784. The van der Waals surface area contributed by atoms with Gasteiger partial charge in [-0.2, -0.15) is 0 Å². The molecule has 0 unspecified atom stereocenters. The van der Waals surface area contributed by atoms with E-state index in [4.69, 9.17) is 21.7 Å². The summed E-state index contributed by atoms with van der Waals surface area (Å²) in [4.78, 5) is 20.1. The molecule has 0 aromatic heterocycles. The fraction of sp³-hybridized carbons (Fsp3) is 0.875. The highest BCUT2D eigenvalue weighted by Crippen LogP contribution is 2.05. The van der Waals surface area contributed by atoms with Gasteiger partial charge in [0.15, 0.2) is 0 Å². The van der Waals surface area contributed by atoms with Crippen LogP contribution >= 0.6 is 0 Å². The second kappa shape index (κ2) is 17.9. The first kappa shape index (κ1) is 23.1. The number of carboxylic acids is 2. The third kappa shape index (κ3) is 27.2. The van der Waals surface area contributed by atoms with Crippen molar-refractivity contribution in [1.82, 2.24) is 0 Å². The van der Waals surface area contributed by atoms with E-state index in [1.165, 1.54) is 32.1 Å². The zero-order chi connectivity index (χ0) is 17.2. The van der Waals surface area contributed by atoms with Gasteiger partial charge in [-0.05, 0) is 19.3 Å². The van der Waals surface area contributed by atoms with Gasteiger partial charge in [-0.3, -0.25) is 9.59 Å². The summed E-state index contributed by atoms with van der Waals surface area (Å²) < 4.78 is 0. The average Bonchev–Trinajstić information content (AvgIpc) is 2.42. The SMILES string of the molecule is CCCCCCCC(N)N.O=C(O)CCCCCCC(=O)O. The quantitative estimate of drug-likeness (QED) is 0.305. The largest absolute Gasteiger partial charge is 0.481 e. The molecule has 0 atom stereocenters. The van der Waals surface area contributed by atoms with Crippen LogP contribution in [0.2, 0.25) is 0 Å². The summed E-state index contributed by atoms with van der Waals surface area (Å²) in [6, 6.07) is 0. The molecule has 0 aliphatic heterocycles. The molecule has 0 radical (unpaired) electrons. The fourth-order valence-electron chi connectivity index (χ4n) is 1.89. The maximum absolute atomic E-state index is 10.0. The molecule has 0 heterocycles. The van der Waals surface area contributed by atoms with Gasteiger partial charge in [0.05, 0.1) is 6.17 Å². The Labute approximate surface area is 134 Å². The number of carbonyl (C=O) groups is 2. The highest BCUT2D eigenvalue weighted by atomic mass is 16.4. The molecule has 22 heavy (non-hydrogen) atoms. The van der Waals surface area contributed by atoms with Crippen LogP contribution in [0.3, 0.4) is 0 Å². The van der Waals surface area contributed by atoms with Crippen LogP contribution in [-0.4, -0.2) is 28.3 Å². The normalized spacial score (nSPS) is 10.2. The highest BCUT2D eigenvalue weighted by Gasteiger charge is 1.98. The van der Waals surface area contributed by atoms with Crippen LogP contribution in [0.5, 0.6) is 0 Å². The van der Waals surface area contributed by atoms with Crippen LogP contribution < -0.4 is 11.5 Å². The minimum Gasteiger partial charge on any atom is -0.481 e. The molecule has 0 rings (SSSR count). The summed E-state index contributed by atoms with van der Waals surface area (Å²) in [7, 11) is 0. The van der Waals surface area contributed by atoms with E-state index in [0.29, 0.717) is 12.8 Å². The van der Waals surface area contributed by atoms with Crippen molar-refractivity contribution < 1.29 is 19.8 Å². The summed E-state index contributed by atoms with van der Waals surface area (Å²) in [5, 5.41) is 16.5. The van der Waals surface area contributed by atoms with Crippen molar-refractivity contribution in [2.75, 3.05) is 0 Å². The fourth-order valence-corrected chi connectivity index (χ4v) is 1.89. The molecule has 0 bridgehead atoms. The first-order chi connectivity index (χ1) is 10.4. The number of carboxylic acid groups (broad SMARTS) is 2. The molecule has 132 valence electrons. The lowest BCUT2D eigenvalue weighted by Crippen LogP contribution is -2.29. The Balaban J connectivity index is 0. The lowest BCUT2D eigenvalue weighted by Gasteiger charge is -2.03. The van der Waals surface area contributed by atoms with Gasteiger partial charge in [-0.15, -0.1) is 0 Å². The van der Waals surface area contributed by atoms with E-state index in [2.05, 4.69) is 6.92 Å². The molecule has 0 spiro atoms. The van der Waals surface area contributed by atoms with Crippen molar-refractivity contribution in [1.29, 1.82) is 0 Å². The third-order valence-electron chi connectivity index (χ3n) is 3.17. The zero-order valence-corrected chi connectivity index (χ0v) is 13.9. The number of nitrogens with two attached hydrogens (primary N) is 2. The van der Waals surface area contributed by atoms with Crippen molar-refractivity contribution in [3.63, 3.8) is 0 Å². The van der Waals surface area contributed by atoms with Gasteiger partial charge in [-0.25, -0.2) is 0 Å². The van der Waals surface area contributed by atoms with Gasteiger partial charge in [0.1, 0.15) is 0 Å². The minimum absolute atomic E-state index is 0.0957. The van der Waals surface area contributed by atoms with Crippen molar-refractivity contribution in [2.45, 2.75) is 90.1 Å². The van der Waals surface area contributed by atoms with E-state index >= 15 is 0 Å². The van der Waals surface area contributed by atoms with Crippen molar-refractivity contribution in [3.8, 4) is 0 Å². The molecule has 0 amide bonds. The van der Waals surface area contributed by atoms with Crippen LogP contribution in [0, 0.1) is 0 Å². The lowest BCUT2D eigenvalue weighted by molar-refractivity contribution is -0.138. The van der Waals surface area contributed by atoms with E-state index in [1.807, 2.05) is 0 Å². The second-order valence-electron chi connectivity index (χ2n) is 5.57. The van der Waals surface area contributed by atoms with E-state index in [9.17, 15) is 9.59 Å². The number of unbranched alkanes of at least 4 members (excludes halogenated alkanes) is 7. The Hall–Kier alpha value is -1.14. The number of aliphatic carboxylic acids is 2. The lowest BCUT2D eigenvalue weighted by atomic mass is 10.1. The molecular formula is C16H34N2O4. The van der Waals surface area contributed by atoms with E-state index in [-0.39, 0.29) is 19.0 Å². The Kier molecular flexibility index (Phi) is 18.8. The predicted octanol–water partition coefficient (Wildman–Crippen LogP) is 3.09. The van der Waals surface area contributed by atoms with Crippen LogP contribution in [0.15, 0.2) is 0 Å². The third-order valence-corrected chi connectivity index (χ3v) is 3.17. The standard InChI is InChI=1S/C8H20N2.C8H14O4/c1-2-3-4-5-6-7-8(9)10;9-7(10)5-3-1-2-4-6-8(11)12/h8H,2-7,9-10H2,1H3;1-6H2,(H,9,10)(H,11,12). The van der Waals surface area contributed by atoms with Gasteiger partial charge in [0.2, 0.25) is 0 Å². The first-order valence-corrected chi connectivity index (χ1v) is 8.34. The number of hydrogen-bond donors (Lipinski definition) is 4. The van der Waals surface area contributed by atoms with Gasteiger partial charge in [0.25, 0.3) is 0 Å². The van der Waals surface area contributed by atoms with Gasteiger partial charge in [-0.1, -0.05) is 51.9 Å². The molecule has 0 aromatic rings. The average molecular weight is 318 g/mol. The van der Waals surface area contributed by atoms with Gasteiger partial charge in [0, 0.05) is 12.8 Å². The molecule has 0 saturated carbocycles. The topological polar surface area (TPSA) is 127 Å². The van der Waals surface area contributed by atoms with Crippen molar-refractivity contribution in [3.05, 3.63) is 0 Å². The van der Waals surface area contributed by atoms with E-state index < -0.39 is 11.9 Å². The van der Waals surface area contributed by atoms with Crippen LogP contribution in [0.25, 0.3) is 0 Å². The summed E-state index contributed by atoms with van der Waals surface area (Å²) >= 11 is 0. The summed E-state index contributed by atoms with van der Waals surface area (Å²) in [6.45, 7) is 2.22. The van der Waals surface area contributed by atoms with E-state index in [1.54, 1.807) is 0 Å². The number of hydrogen-bond acceptors (Lipinski definition) is 4. The van der Waals surface area contributed by atoms with Crippen LogP contribution in [0.4, 0.5) is 0 Å². The molecule has 0 aliphatic rings. The molecule has 6 heteroatoms. The Morgan fingerprint density at radius 1 is 0.773 bits per heavy atom. The van der Waals surface area contributed by atoms with Crippen molar-refractivity contribution >= 4 is 11.9 Å². The monoisotopic (exact) mass is 318 g/mol. The Morgan fingerprint density at radius 2 is 1.18 bits per heavy atom. The number of rotatable bonds is 13. The molecular weight excluding hydrogens is 284 g/mol. The zero-order valence-electron chi connectivity index (χ0n) is 13.9. The summed E-state index contributed by atoms with van der Waals surface area (Å²) in [5.41, 5.74) is 10.8. The van der Waals surface area contributed by atoms with Gasteiger partial charge >= 0.3 is 11.9 Å². The molecule has 6 nitrogen and oxygen atoms in total. The Bertz CT molecular complexity index is 253. The molecule has 0 saturated heterocycles. The summed E-state index contributed by atoms with van der Waals surface area (Å²) in [5.74, 6) is -1.57. The maximum atomic E-state index is 10.0. The van der Waals surface area contributed by atoms with Crippen LogP contribution in [-0.2, 0) is 9.59 Å². The van der Waals surface area contributed by atoms with Crippen molar-refractivity contribution in [2.24, 2.45) is 11.5 Å². The predicted molar refractivity (Wildman–Crippen MR) is 88.5 cm³/mol. The smallest absolute Gasteiger partial charge is 0.303 e.